The number of unbranched alkanes of at least 4 members (excludes halogenated alkanes) is 1. The largest absolute Gasteiger partial charge is 1.00 e. The van der Waals surface area contributed by atoms with Gasteiger partial charge < -0.3 is 4.74 Å². The third-order valence-electron chi connectivity index (χ3n) is 9.40. The van der Waals surface area contributed by atoms with E-state index < -0.39 is 23.4 Å². The monoisotopic (exact) mass is 716 g/mol. The first-order chi connectivity index (χ1) is 23.3. The van der Waals surface area contributed by atoms with Crippen LogP contribution in [0, 0.1) is 36.7 Å². The Kier molecular flexibility index (Phi) is 13.8. The van der Waals surface area contributed by atoms with Gasteiger partial charge in [-0.15, -0.1) is 12.1 Å². The summed E-state index contributed by atoms with van der Waals surface area (Å²) in [7, 11) is 0. The Morgan fingerprint density at radius 1 is 1.10 bits per heavy atom. The molecule has 0 saturated heterocycles. The molecule has 0 spiro atoms. The van der Waals surface area contributed by atoms with Crippen LogP contribution in [0.1, 0.15) is 95.7 Å². The van der Waals surface area contributed by atoms with Gasteiger partial charge in [-0.05, 0) is 54.2 Å². The van der Waals surface area contributed by atoms with Gasteiger partial charge in [0.25, 0.3) is 0 Å². The average Bonchev–Trinajstić information content (AvgIpc) is 3.36. The molecule has 7 nitrogen and oxygen atoms in total. The molecular formula is C38H44F3N4NaO3S. The number of allylic oxidation sites excluding steroid dienone is 1. The van der Waals surface area contributed by atoms with E-state index >= 15 is 0 Å². The Balaban J connectivity index is 0.00000562. The van der Waals surface area contributed by atoms with Crippen LogP contribution in [0.5, 0.6) is 0 Å². The number of fused-ring (bicyclic) bond motifs is 1. The smallest absolute Gasteiger partial charge is 0.458 e. The molecule has 5 rings (SSSR count). The Bertz CT molecular complexity index is 1780. The molecule has 12 heteroatoms. The molecule has 2 aromatic carbocycles. The van der Waals surface area contributed by atoms with E-state index in [0.717, 1.165) is 49.2 Å². The molecule has 0 amide bonds. The fourth-order valence-electron chi connectivity index (χ4n) is 7.06. The number of hydrogen-bond acceptors (Lipinski definition) is 7. The number of carbonyl (C=O) groups is 1. The molecule has 1 aromatic heterocycles. The number of aliphatic imine (C=N–C) groups is 1. The SMILES string of the molecule is CCCCC(CC)CSc1nc2n(c(=O)n1)C(=Nc1cc(C)[c-]c(C(F)(F)F)c1)C(c1ccccc1)=C2C(=O)OC1C(C)CC(C)CC1C.[Na+]. The van der Waals surface area contributed by atoms with Crippen molar-refractivity contribution in [2.24, 2.45) is 28.7 Å². The number of ether oxygens (including phenoxy) is 1. The summed E-state index contributed by atoms with van der Waals surface area (Å²) in [5.41, 5.74) is -0.735. The van der Waals surface area contributed by atoms with Crippen LogP contribution in [0.3, 0.4) is 0 Å². The Morgan fingerprint density at radius 3 is 2.40 bits per heavy atom. The summed E-state index contributed by atoms with van der Waals surface area (Å²) in [4.78, 5) is 42.1. The molecule has 0 radical (unpaired) electrons. The van der Waals surface area contributed by atoms with E-state index in [4.69, 9.17) is 9.72 Å². The van der Waals surface area contributed by atoms with Crippen molar-refractivity contribution < 1.29 is 52.3 Å². The second kappa shape index (κ2) is 17.2. The Morgan fingerprint density at radius 2 is 1.78 bits per heavy atom. The number of aromatic nitrogens is 3. The van der Waals surface area contributed by atoms with Gasteiger partial charge in [0.2, 0.25) is 0 Å². The third kappa shape index (κ3) is 9.19. The van der Waals surface area contributed by atoms with Gasteiger partial charge in [0.05, 0.1) is 0 Å². The summed E-state index contributed by atoms with van der Waals surface area (Å²) in [6.45, 7) is 12.1. The first-order valence-electron chi connectivity index (χ1n) is 17.2. The quantitative estimate of drug-likeness (QED) is 0.102. The molecular weight excluding hydrogens is 672 g/mol. The van der Waals surface area contributed by atoms with Gasteiger partial charge in [0.1, 0.15) is 17.5 Å². The molecule has 262 valence electrons. The maximum Gasteiger partial charge on any atom is 1.00 e. The minimum Gasteiger partial charge on any atom is -0.458 e. The molecule has 3 atom stereocenters. The number of hydrogen-bond donors (Lipinski definition) is 0. The van der Waals surface area contributed by atoms with E-state index in [9.17, 15) is 22.8 Å². The topological polar surface area (TPSA) is 86.4 Å². The number of thioether (sulfide) groups is 1. The van der Waals surface area contributed by atoms with Crippen molar-refractivity contribution in [1.29, 1.82) is 0 Å². The zero-order chi connectivity index (χ0) is 35.5. The average molecular weight is 717 g/mol. The Labute approximate surface area is 318 Å². The number of esters is 1. The van der Waals surface area contributed by atoms with Crippen molar-refractivity contribution in [3.63, 3.8) is 0 Å². The van der Waals surface area contributed by atoms with Crippen molar-refractivity contribution >= 4 is 40.4 Å². The van der Waals surface area contributed by atoms with Crippen LogP contribution in [0.25, 0.3) is 11.1 Å². The normalized spacial score (nSPS) is 21.9. The van der Waals surface area contributed by atoms with Crippen LogP contribution in [-0.4, -0.2) is 38.2 Å². The van der Waals surface area contributed by atoms with Gasteiger partial charge >= 0.3 is 47.4 Å². The van der Waals surface area contributed by atoms with Gasteiger partial charge in [-0.25, -0.2) is 19.1 Å². The first kappa shape index (κ1) is 40.0. The van der Waals surface area contributed by atoms with Crippen LogP contribution in [0.15, 0.2) is 57.4 Å². The summed E-state index contributed by atoms with van der Waals surface area (Å²) < 4.78 is 48.9. The van der Waals surface area contributed by atoms with Crippen LogP contribution < -0.4 is 35.2 Å². The van der Waals surface area contributed by atoms with Crippen LogP contribution in [-0.2, 0) is 15.7 Å². The number of aryl methyl sites for hydroxylation is 1. The van der Waals surface area contributed by atoms with Gasteiger partial charge in [-0.1, -0.05) is 108 Å². The molecule has 2 heterocycles. The van der Waals surface area contributed by atoms with E-state index in [1.54, 1.807) is 24.3 Å². The second-order valence-corrected chi connectivity index (χ2v) is 14.5. The maximum absolute atomic E-state index is 14.5. The molecule has 0 bridgehead atoms. The zero-order valence-corrected chi connectivity index (χ0v) is 32.8. The van der Waals surface area contributed by atoms with E-state index in [0.29, 0.717) is 23.2 Å². The summed E-state index contributed by atoms with van der Waals surface area (Å²) in [6.07, 6.45) is 0.965. The molecule has 1 aliphatic carbocycles. The second-order valence-electron chi connectivity index (χ2n) is 13.6. The van der Waals surface area contributed by atoms with E-state index in [1.165, 1.54) is 24.8 Å². The summed E-state index contributed by atoms with van der Waals surface area (Å²) in [5, 5.41) is 0.225. The summed E-state index contributed by atoms with van der Waals surface area (Å²) >= 11 is 1.36. The fourth-order valence-corrected chi connectivity index (χ4v) is 8.14. The number of carbonyl (C=O) groups excluding carboxylic acids is 1. The van der Waals surface area contributed by atoms with Gasteiger partial charge in [0.15, 0.2) is 11.0 Å². The third-order valence-corrected chi connectivity index (χ3v) is 10.5. The van der Waals surface area contributed by atoms with Crippen molar-refractivity contribution in [2.45, 2.75) is 97.5 Å². The summed E-state index contributed by atoms with van der Waals surface area (Å²) in [5.74, 6) is 1.13. The molecule has 50 heavy (non-hydrogen) atoms. The molecule has 3 unspecified atom stereocenters. The van der Waals surface area contributed by atoms with Crippen LogP contribution >= 0.6 is 11.8 Å². The standard InChI is InChI=1S/C38H44F3N4O3S.Na/c1-7-9-13-26(8-2)21-49-36-43-34-31(35(46)48-32-24(5)16-22(3)17-25(32)6)30(27-14-11-10-12-15-27)33(45(34)37(47)44-36)42-29-19-23(4)18-28(20-29)38(39,40)41;/h10-12,14-15,19-20,22,24-26,32H,7-9,13,16-17,21H2,1-6H3;/q-1;+1. The van der Waals surface area contributed by atoms with Gasteiger partial charge in [-0.3, -0.25) is 4.99 Å². The minimum atomic E-state index is -4.66. The molecule has 1 saturated carbocycles. The molecule has 0 N–H and O–H groups in total. The molecule has 1 fully saturated rings. The number of halogens is 3. The van der Waals surface area contributed by atoms with Crippen LogP contribution in [0.2, 0.25) is 0 Å². The number of rotatable bonds is 11. The fraction of sp³-hybridized carbons (Fsp3) is 0.500. The zero-order valence-electron chi connectivity index (χ0n) is 29.9. The number of benzene rings is 2. The summed E-state index contributed by atoms with van der Waals surface area (Å²) in [6, 6.07) is 13.6. The predicted molar refractivity (Wildman–Crippen MR) is 188 cm³/mol. The maximum atomic E-state index is 14.5. The number of nitrogens with zero attached hydrogens (tertiary/aromatic N) is 4. The van der Waals surface area contributed by atoms with Crippen LogP contribution in [0.4, 0.5) is 18.9 Å². The van der Waals surface area contributed by atoms with Crippen molar-refractivity contribution in [2.75, 3.05) is 5.75 Å². The number of alkyl halides is 3. The van der Waals surface area contributed by atoms with E-state index in [-0.39, 0.29) is 86.7 Å². The van der Waals surface area contributed by atoms with E-state index in [1.807, 2.05) is 6.07 Å². The first-order valence-corrected chi connectivity index (χ1v) is 18.1. The predicted octanol–water partition coefficient (Wildman–Crippen LogP) is 6.19. The molecule has 3 aromatic rings. The van der Waals surface area contributed by atoms with Crippen molar-refractivity contribution in [1.82, 2.24) is 14.5 Å². The van der Waals surface area contributed by atoms with Crippen molar-refractivity contribution in [3.8, 4) is 0 Å². The van der Waals surface area contributed by atoms with E-state index in [2.05, 4.69) is 50.7 Å². The van der Waals surface area contributed by atoms with Crippen molar-refractivity contribution in [3.05, 3.63) is 81.5 Å². The van der Waals surface area contributed by atoms with Gasteiger partial charge in [0, 0.05) is 11.3 Å². The molecule has 1 aliphatic heterocycles. The van der Waals surface area contributed by atoms with Gasteiger partial charge in [-0.2, -0.15) is 29.8 Å². The molecule has 2 aliphatic rings. The minimum absolute atomic E-state index is 0. The Hall–Kier alpha value is -2.73.